The first kappa shape index (κ1) is 17.0. The molecule has 0 aromatic carbocycles. The molecule has 3 aromatic heterocycles. The SMILES string of the molecule is CC(C)(C)c1ccc2nnc(C3CCN(Cc4ccncn4)CC3)n2n1. The zero-order valence-corrected chi connectivity index (χ0v) is 15.6. The number of nitrogens with zero attached hydrogens (tertiary/aromatic N) is 7. The number of piperidine rings is 1. The van der Waals surface area contributed by atoms with Crippen molar-refractivity contribution in [2.75, 3.05) is 13.1 Å². The molecular formula is C19H25N7. The number of aromatic nitrogens is 6. The highest BCUT2D eigenvalue weighted by Gasteiger charge is 2.26. The van der Waals surface area contributed by atoms with Crippen LogP contribution in [0.5, 0.6) is 0 Å². The third kappa shape index (κ3) is 3.44. The van der Waals surface area contributed by atoms with Crippen LogP contribution in [-0.4, -0.2) is 47.8 Å². The maximum Gasteiger partial charge on any atom is 0.177 e. The van der Waals surface area contributed by atoms with E-state index in [4.69, 9.17) is 5.10 Å². The van der Waals surface area contributed by atoms with Crippen molar-refractivity contribution in [1.29, 1.82) is 0 Å². The Kier molecular flexibility index (Phi) is 4.40. The highest BCUT2D eigenvalue weighted by atomic mass is 15.4. The van der Waals surface area contributed by atoms with Gasteiger partial charge in [0.1, 0.15) is 6.33 Å². The van der Waals surface area contributed by atoms with Gasteiger partial charge in [0.2, 0.25) is 0 Å². The third-order valence-corrected chi connectivity index (χ3v) is 5.04. The zero-order chi connectivity index (χ0) is 18.1. The quantitative estimate of drug-likeness (QED) is 0.722. The van der Waals surface area contributed by atoms with Crippen molar-refractivity contribution < 1.29 is 0 Å². The van der Waals surface area contributed by atoms with Gasteiger partial charge in [0, 0.05) is 24.1 Å². The number of hydrogen-bond donors (Lipinski definition) is 0. The van der Waals surface area contributed by atoms with E-state index in [1.807, 2.05) is 16.6 Å². The van der Waals surface area contributed by atoms with Crippen molar-refractivity contribution in [2.24, 2.45) is 0 Å². The normalized spacial score (nSPS) is 17.0. The average molecular weight is 351 g/mol. The Bertz CT molecular complexity index is 874. The predicted octanol–water partition coefficient (Wildman–Crippen LogP) is 2.59. The summed E-state index contributed by atoms with van der Waals surface area (Å²) in [6.07, 6.45) is 5.54. The summed E-state index contributed by atoms with van der Waals surface area (Å²) < 4.78 is 1.95. The van der Waals surface area contributed by atoms with Crippen LogP contribution in [-0.2, 0) is 12.0 Å². The van der Waals surface area contributed by atoms with E-state index in [-0.39, 0.29) is 5.41 Å². The lowest BCUT2D eigenvalue weighted by Crippen LogP contribution is -2.33. The smallest absolute Gasteiger partial charge is 0.177 e. The summed E-state index contributed by atoms with van der Waals surface area (Å²) >= 11 is 0. The van der Waals surface area contributed by atoms with Gasteiger partial charge in [-0.05, 0) is 44.1 Å². The third-order valence-electron chi connectivity index (χ3n) is 5.04. The second-order valence-corrected chi connectivity index (χ2v) is 8.05. The Morgan fingerprint density at radius 3 is 2.58 bits per heavy atom. The van der Waals surface area contributed by atoms with Gasteiger partial charge in [0.15, 0.2) is 11.5 Å². The molecule has 1 saturated heterocycles. The van der Waals surface area contributed by atoms with Gasteiger partial charge in [-0.1, -0.05) is 20.8 Å². The van der Waals surface area contributed by atoms with E-state index in [0.717, 1.165) is 55.3 Å². The lowest BCUT2D eigenvalue weighted by Gasteiger charge is -2.30. The van der Waals surface area contributed by atoms with Crippen LogP contribution in [0.4, 0.5) is 0 Å². The molecule has 1 fully saturated rings. The molecule has 7 heteroatoms. The standard InChI is InChI=1S/C19H25N7/c1-19(2,3)16-4-5-17-22-23-18(26(17)24-16)14-7-10-25(11-8-14)12-15-6-9-20-13-21-15/h4-6,9,13-14H,7-8,10-12H2,1-3H3. The summed E-state index contributed by atoms with van der Waals surface area (Å²) in [6.45, 7) is 9.47. The molecule has 0 amide bonds. The lowest BCUT2D eigenvalue weighted by atomic mass is 9.92. The summed E-state index contributed by atoms with van der Waals surface area (Å²) in [6, 6.07) is 6.06. The first-order chi connectivity index (χ1) is 12.5. The maximum atomic E-state index is 4.83. The molecule has 1 aliphatic rings. The molecule has 7 nitrogen and oxygen atoms in total. The molecule has 0 radical (unpaired) electrons. The van der Waals surface area contributed by atoms with Crippen molar-refractivity contribution in [3.63, 3.8) is 0 Å². The van der Waals surface area contributed by atoms with Crippen molar-refractivity contribution in [1.82, 2.24) is 34.7 Å². The van der Waals surface area contributed by atoms with Crippen LogP contribution in [0.1, 0.15) is 56.7 Å². The number of fused-ring (bicyclic) bond motifs is 1. The van der Waals surface area contributed by atoms with Crippen LogP contribution in [0, 0.1) is 0 Å². The summed E-state index contributed by atoms with van der Waals surface area (Å²) in [5, 5.41) is 13.6. The molecule has 0 aliphatic carbocycles. The fraction of sp³-hybridized carbons (Fsp3) is 0.526. The molecule has 0 unspecified atom stereocenters. The second-order valence-electron chi connectivity index (χ2n) is 8.05. The van der Waals surface area contributed by atoms with Crippen LogP contribution in [0.25, 0.3) is 5.65 Å². The lowest BCUT2D eigenvalue weighted by molar-refractivity contribution is 0.198. The molecule has 0 atom stereocenters. The van der Waals surface area contributed by atoms with Crippen molar-refractivity contribution >= 4 is 5.65 Å². The zero-order valence-electron chi connectivity index (χ0n) is 15.6. The average Bonchev–Trinajstić information content (AvgIpc) is 3.06. The Morgan fingerprint density at radius 2 is 1.88 bits per heavy atom. The van der Waals surface area contributed by atoms with E-state index in [0.29, 0.717) is 5.92 Å². The van der Waals surface area contributed by atoms with Gasteiger partial charge in [-0.3, -0.25) is 4.90 Å². The van der Waals surface area contributed by atoms with Crippen LogP contribution in [0.3, 0.4) is 0 Å². The van der Waals surface area contributed by atoms with Gasteiger partial charge in [0.05, 0.1) is 11.4 Å². The predicted molar refractivity (Wildman–Crippen MR) is 98.8 cm³/mol. The van der Waals surface area contributed by atoms with Crippen molar-refractivity contribution in [3.8, 4) is 0 Å². The first-order valence-corrected chi connectivity index (χ1v) is 9.21. The second kappa shape index (κ2) is 6.72. The molecule has 0 spiro atoms. The van der Waals surface area contributed by atoms with E-state index < -0.39 is 0 Å². The molecule has 0 saturated carbocycles. The monoisotopic (exact) mass is 351 g/mol. The van der Waals surface area contributed by atoms with E-state index in [9.17, 15) is 0 Å². The summed E-state index contributed by atoms with van der Waals surface area (Å²) in [7, 11) is 0. The van der Waals surface area contributed by atoms with Gasteiger partial charge in [-0.15, -0.1) is 10.2 Å². The number of rotatable bonds is 3. The number of likely N-dealkylation sites (tertiary alicyclic amines) is 1. The molecular weight excluding hydrogens is 326 g/mol. The molecule has 1 aliphatic heterocycles. The van der Waals surface area contributed by atoms with Gasteiger partial charge in [-0.2, -0.15) is 9.61 Å². The molecule has 0 N–H and O–H groups in total. The van der Waals surface area contributed by atoms with Crippen molar-refractivity contribution in [2.45, 2.75) is 51.5 Å². The molecule has 4 rings (SSSR count). The Labute approximate surface area is 153 Å². The van der Waals surface area contributed by atoms with Crippen molar-refractivity contribution in [3.05, 3.63) is 47.9 Å². The van der Waals surface area contributed by atoms with Crippen LogP contribution < -0.4 is 0 Å². The minimum atomic E-state index is 0.0106. The fourth-order valence-electron chi connectivity index (χ4n) is 3.45. The molecule has 3 aromatic rings. The van der Waals surface area contributed by atoms with Gasteiger partial charge in [-0.25, -0.2) is 9.97 Å². The van der Waals surface area contributed by atoms with Crippen LogP contribution in [0.15, 0.2) is 30.7 Å². The molecule has 136 valence electrons. The highest BCUT2D eigenvalue weighted by Crippen LogP contribution is 2.28. The summed E-state index contributed by atoms with van der Waals surface area (Å²) in [5.41, 5.74) is 2.97. The molecule has 4 heterocycles. The number of hydrogen-bond acceptors (Lipinski definition) is 6. The summed E-state index contributed by atoms with van der Waals surface area (Å²) in [5.74, 6) is 1.39. The topological polar surface area (TPSA) is 72.1 Å². The Morgan fingerprint density at radius 1 is 1.08 bits per heavy atom. The molecule has 26 heavy (non-hydrogen) atoms. The van der Waals surface area contributed by atoms with E-state index in [1.54, 1.807) is 12.5 Å². The first-order valence-electron chi connectivity index (χ1n) is 9.21. The maximum absolute atomic E-state index is 4.83. The minimum Gasteiger partial charge on any atom is -0.297 e. The largest absolute Gasteiger partial charge is 0.297 e. The summed E-state index contributed by atoms with van der Waals surface area (Å²) in [4.78, 5) is 10.7. The van der Waals surface area contributed by atoms with E-state index in [1.165, 1.54) is 0 Å². The Balaban J connectivity index is 1.49. The fourth-order valence-corrected chi connectivity index (χ4v) is 3.45. The Hall–Kier alpha value is -2.41. The van der Waals surface area contributed by atoms with Gasteiger partial charge in [0.25, 0.3) is 0 Å². The van der Waals surface area contributed by atoms with Gasteiger partial charge >= 0.3 is 0 Å². The van der Waals surface area contributed by atoms with Crippen LogP contribution >= 0.6 is 0 Å². The van der Waals surface area contributed by atoms with Crippen LogP contribution in [0.2, 0.25) is 0 Å². The highest BCUT2D eigenvalue weighted by molar-refractivity contribution is 5.37. The minimum absolute atomic E-state index is 0.0106. The van der Waals surface area contributed by atoms with Gasteiger partial charge < -0.3 is 0 Å². The van der Waals surface area contributed by atoms with E-state index in [2.05, 4.69) is 51.9 Å². The van der Waals surface area contributed by atoms with E-state index >= 15 is 0 Å². The molecule has 0 bridgehead atoms.